The molecule has 2 heterocycles. The van der Waals surface area contributed by atoms with Crippen LogP contribution in [0.2, 0.25) is 0 Å². The second-order valence-electron chi connectivity index (χ2n) is 11.0. The smallest absolute Gasteiger partial charge is 0.238 e. The summed E-state index contributed by atoms with van der Waals surface area (Å²) in [5.41, 5.74) is 2.71. The van der Waals surface area contributed by atoms with E-state index in [4.69, 9.17) is 4.52 Å². The predicted molar refractivity (Wildman–Crippen MR) is 133 cm³/mol. The number of aryl methyl sites for hydroxylation is 1. The van der Waals surface area contributed by atoms with Gasteiger partial charge in [-0.05, 0) is 79.0 Å². The zero-order chi connectivity index (χ0) is 25.4. The summed E-state index contributed by atoms with van der Waals surface area (Å²) in [5.74, 6) is 0.305. The number of pyridine rings is 1. The molecule has 36 heavy (non-hydrogen) atoms. The fraction of sp³-hybridized carbons (Fsp3) is 0.464. The average molecular weight is 491 g/mol. The topological polar surface area (TPSA) is 98.0 Å². The van der Waals surface area contributed by atoms with Crippen LogP contribution in [-0.2, 0) is 16.6 Å². The summed E-state index contributed by atoms with van der Waals surface area (Å²) in [7, 11) is 0. The third-order valence-electron chi connectivity index (χ3n) is 6.94. The summed E-state index contributed by atoms with van der Waals surface area (Å²) in [6, 6.07) is 6.93. The number of aromatic nitrogens is 3. The van der Waals surface area contributed by atoms with E-state index >= 15 is 4.39 Å². The van der Waals surface area contributed by atoms with Crippen LogP contribution in [0.3, 0.4) is 0 Å². The molecule has 1 saturated carbocycles. The minimum atomic E-state index is -0.353. The van der Waals surface area contributed by atoms with E-state index < -0.39 is 0 Å². The van der Waals surface area contributed by atoms with Crippen LogP contribution in [0, 0.1) is 11.7 Å². The van der Waals surface area contributed by atoms with Crippen LogP contribution in [0.5, 0.6) is 0 Å². The van der Waals surface area contributed by atoms with Crippen molar-refractivity contribution in [2.24, 2.45) is 5.92 Å². The van der Waals surface area contributed by atoms with Gasteiger partial charge >= 0.3 is 0 Å². The zero-order valence-electron chi connectivity index (χ0n) is 20.9. The standard InChI is InChI=1S/C28H31FN4O3/c1-28(2,3)27-32-25(33-36-27)23(34)13-18-7-5-4-6-17-12-21(22(29)15-20(17)18)19-10-11-30-24(14-19)31-26(35)16-8-9-16/h10-12,14-16,18H,4-9,13H2,1-3H3,(H,30,31,35)/t18-/m0/s1. The molecule has 0 bridgehead atoms. The number of hydrogen-bond donors (Lipinski definition) is 1. The van der Waals surface area contributed by atoms with Crippen molar-refractivity contribution in [3.8, 4) is 11.1 Å². The normalized spacial score (nSPS) is 17.8. The lowest BCUT2D eigenvalue weighted by Gasteiger charge is -2.18. The van der Waals surface area contributed by atoms with Crippen LogP contribution in [0.25, 0.3) is 11.1 Å². The van der Waals surface area contributed by atoms with Gasteiger partial charge in [-0.1, -0.05) is 32.3 Å². The maximum absolute atomic E-state index is 15.5. The molecule has 0 unspecified atom stereocenters. The van der Waals surface area contributed by atoms with E-state index in [-0.39, 0.29) is 47.0 Å². The first-order valence-electron chi connectivity index (χ1n) is 12.7. The molecule has 2 aromatic heterocycles. The van der Waals surface area contributed by atoms with Gasteiger partial charge in [0.25, 0.3) is 0 Å². The first kappa shape index (κ1) is 24.3. The van der Waals surface area contributed by atoms with Crippen molar-refractivity contribution in [3.63, 3.8) is 0 Å². The van der Waals surface area contributed by atoms with E-state index in [1.807, 2.05) is 26.8 Å². The van der Waals surface area contributed by atoms with Gasteiger partial charge in [0.15, 0.2) is 0 Å². The molecule has 0 aliphatic heterocycles. The largest absolute Gasteiger partial charge is 0.338 e. The highest BCUT2D eigenvalue weighted by molar-refractivity contribution is 5.94. The molecule has 1 amide bonds. The minimum Gasteiger partial charge on any atom is -0.338 e. The van der Waals surface area contributed by atoms with Gasteiger partial charge < -0.3 is 9.84 Å². The van der Waals surface area contributed by atoms with Gasteiger partial charge in [0.2, 0.25) is 23.4 Å². The Morgan fingerprint density at radius 1 is 1.14 bits per heavy atom. The van der Waals surface area contributed by atoms with Crippen LogP contribution < -0.4 is 5.32 Å². The Labute approximate surface area is 209 Å². The number of hydrogen-bond acceptors (Lipinski definition) is 6. The molecule has 3 aromatic rings. The van der Waals surface area contributed by atoms with Crippen LogP contribution in [-0.4, -0.2) is 26.8 Å². The van der Waals surface area contributed by atoms with Crippen LogP contribution in [0.4, 0.5) is 10.2 Å². The molecule has 1 aromatic carbocycles. The Kier molecular flexibility index (Phi) is 6.45. The minimum absolute atomic E-state index is 0.0363. The van der Waals surface area contributed by atoms with E-state index in [9.17, 15) is 9.59 Å². The highest BCUT2D eigenvalue weighted by atomic mass is 19.1. The summed E-state index contributed by atoms with van der Waals surface area (Å²) < 4.78 is 20.8. The van der Waals surface area contributed by atoms with E-state index in [1.54, 1.807) is 24.4 Å². The second kappa shape index (κ2) is 9.56. The Bertz CT molecular complexity index is 1310. The molecule has 0 saturated heterocycles. The Balaban J connectivity index is 1.39. The number of amides is 1. The molecule has 1 N–H and O–H groups in total. The molecule has 7 nitrogen and oxygen atoms in total. The molecule has 5 rings (SSSR count). The van der Waals surface area contributed by atoms with Crippen molar-refractivity contribution in [1.29, 1.82) is 0 Å². The summed E-state index contributed by atoms with van der Waals surface area (Å²) >= 11 is 0. The lowest BCUT2D eigenvalue weighted by molar-refractivity contribution is -0.117. The molecule has 2 aliphatic rings. The fourth-order valence-corrected chi connectivity index (χ4v) is 4.72. The molecule has 0 radical (unpaired) electrons. The number of ketones is 1. The first-order chi connectivity index (χ1) is 17.2. The fourth-order valence-electron chi connectivity index (χ4n) is 4.72. The van der Waals surface area contributed by atoms with Crippen molar-refractivity contribution in [2.75, 3.05) is 5.32 Å². The second-order valence-corrected chi connectivity index (χ2v) is 11.0. The summed E-state index contributed by atoms with van der Waals surface area (Å²) in [4.78, 5) is 33.7. The van der Waals surface area contributed by atoms with E-state index in [0.29, 0.717) is 22.8 Å². The lowest BCUT2D eigenvalue weighted by atomic mass is 9.86. The van der Waals surface area contributed by atoms with E-state index in [1.165, 1.54) is 0 Å². The maximum atomic E-state index is 15.5. The third kappa shape index (κ3) is 5.22. The Morgan fingerprint density at radius 2 is 1.94 bits per heavy atom. The highest BCUT2D eigenvalue weighted by Gasteiger charge is 2.30. The molecule has 1 atom stereocenters. The molecular formula is C28H31FN4O3. The zero-order valence-corrected chi connectivity index (χ0v) is 20.9. The molecule has 188 valence electrons. The van der Waals surface area contributed by atoms with Crippen molar-refractivity contribution in [1.82, 2.24) is 15.1 Å². The predicted octanol–water partition coefficient (Wildman–Crippen LogP) is 6.00. The van der Waals surface area contributed by atoms with Gasteiger partial charge in [-0.15, -0.1) is 0 Å². The number of nitrogens with one attached hydrogen (secondary N) is 1. The average Bonchev–Trinajstić information content (AvgIpc) is 3.59. The highest BCUT2D eigenvalue weighted by Crippen LogP contribution is 2.38. The van der Waals surface area contributed by atoms with Crippen molar-refractivity contribution in [3.05, 3.63) is 59.1 Å². The van der Waals surface area contributed by atoms with Gasteiger partial charge in [-0.25, -0.2) is 9.37 Å². The SMILES string of the molecule is CC(C)(C)c1nc(C(=O)C[C@@H]2CCCCc3cc(-c4ccnc(NC(=O)C5CC5)c4)c(F)cc32)no1. The molecular weight excluding hydrogens is 459 g/mol. The van der Waals surface area contributed by atoms with Crippen LogP contribution in [0.1, 0.15) is 92.9 Å². The van der Waals surface area contributed by atoms with Gasteiger partial charge in [0.05, 0.1) is 0 Å². The van der Waals surface area contributed by atoms with Crippen LogP contribution >= 0.6 is 0 Å². The van der Waals surface area contributed by atoms with Gasteiger partial charge in [-0.3, -0.25) is 9.59 Å². The number of fused-ring (bicyclic) bond motifs is 1. The van der Waals surface area contributed by atoms with Crippen molar-refractivity contribution >= 4 is 17.5 Å². The number of carbonyl (C=O) groups excluding carboxylic acids is 2. The molecule has 2 aliphatic carbocycles. The summed E-state index contributed by atoms with van der Waals surface area (Å²) in [6.07, 6.45) is 7.14. The summed E-state index contributed by atoms with van der Waals surface area (Å²) in [6.45, 7) is 5.84. The number of nitrogens with zero attached hydrogens (tertiary/aromatic N) is 3. The summed E-state index contributed by atoms with van der Waals surface area (Å²) in [5, 5.41) is 6.73. The van der Waals surface area contributed by atoms with E-state index in [0.717, 1.165) is 49.7 Å². The monoisotopic (exact) mass is 490 g/mol. The number of halogens is 1. The van der Waals surface area contributed by atoms with Gasteiger partial charge in [-0.2, -0.15) is 4.98 Å². The van der Waals surface area contributed by atoms with Crippen molar-refractivity contribution in [2.45, 2.75) is 77.0 Å². The number of anilines is 1. The first-order valence-corrected chi connectivity index (χ1v) is 12.7. The lowest BCUT2D eigenvalue weighted by Crippen LogP contribution is -2.14. The van der Waals surface area contributed by atoms with Crippen molar-refractivity contribution < 1.29 is 18.5 Å². The molecule has 1 fully saturated rings. The number of rotatable bonds is 6. The molecule has 0 spiro atoms. The van der Waals surface area contributed by atoms with E-state index in [2.05, 4.69) is 20.4 Å². The number of benzene rings is 1. The number of carbonyl (C=O) groups is 2. The molecule has 8 heteroatoms. The quantitative estimate of drug-likeness (QED) is 0.336. The number of Topliss-reactive ketones (excluding diaryl/α,β-unsaturated/α-hetero) is 1. The van der Waals surface area contributed by atoms with Gasteiger partial charge in [0.1, 0.15) is 11.6 Å². The van der Waals surface area contributed by atoms with Gasteiger partial charge in [0, 0.05) is 29.5 Å². The Morgan fingerprint density at radius 3 is 2.67 bits per heavy atom. The maximum Gasteiger partial charge on any atom is 0.238 e. The Hall–Kier alpha value is -3.42. The van der Waals surface area contributed by atoms with Crippen LogP contribution in [0.15, 0.2) is 35.0 Å². The third-order valence-corrected chi connectivity index (χ3v) is 6.94.